The van der Waals surface area contributed by atoms with E-state index in [2.05, 4.69) is 22.6 Å². The molecule has 0 aliphatic carbocycles. The van der Waals surface area contributed by atoms with Crippen molar-refractivity contribution in [2.24, 2.45) is 5.92 Å². The Hall–Kier alpha value is -1.84. The van der Waals surface area contributed by atoms with Gasteiger partial charge >= 0.3 is 11.9 Å². The fourth-order valence-electron chi connectivity index (χ4n) is 3.04. The summed E-state index contributed by atoms with van der Waals surface area (Å²) in [6, 6.07) is 3.33. The number of carbonyl (C=O) groups is 3. The molecule has 0 amide bonds. The second-order valence-electron chi connectivity index (χ2n) is 9.81. The summed E-state index contributed by atoms with van der Waals surface area (Å²) in [5.74, 6) is -0.886. The number of methoxy groups -OCH3 is 1. The summed E-state index contributed by atoms with van der Waals surface area (Å²) in [6.45, 7) is 13.2. The molecule has 0 saturated carbocycles. The maximum absolute atomic E-state index is 13.4. The van der Waals surface area contributed by atoms with Crippen LogP contribution < -0.4 is 9.47 Å². The minimum absolute atomic E-state index is 0.0163. The van der Waals surface area contributed by atoms with Crippen LogP contribution in [0.25, 0.3) is 0 Å². The fourth-order valence-corrected chi connectivity index (χ4v) is 3.79. The normalized spacial score (nSPS) is 12.6. The largest absolute Gasteiger partial charge is 0.493 e. The maximum atomic E-state index is 13.4. The highest BCUT2D eigenvalue weighted by atomic mass is 127. The topological polar surface area (TPSA) is 88.1 Å². The van der Waals surface area contributed by atoms with Gasteiger partial charge in [0.1, 0.15) is 11.2 Å². The monoisotopic (exact) mass is 576 g/mol. The predicted octanol–water partition coefficient (Wildman–Crippen LogP) is 5.74. The first-order chi connectivity index (χ1) is 15.2. The number of rotatable bonds is 11. The first-order valence-electron chi connectivity index (χ1n) is 11.1. The summed E-state index contributed by atoms with van der Waals surface area (Å²) >= 11 is 2.10. The molecule has 1 rings (SSSR count). The molecule has 1 aromatic rings. The SMILES string of the molecule is CCCOc1c(I)cc(C(=O)C(CCC(=O)OC(C)(C)C)CC(=O)OC(C)(C)C)cc1OC. The molecule has 0 aliphatic rings. The predicted molar refractivity (Wildman–Crippen MR) is 135 cm³/mol. The van der Waals surface area contributed by atoms with Crippen LogP contribution in [0.1, 0.15) is 84.5 Å². The number of benzene rings is 1. The van der Waals surface area contributed by atoms with Gasteiger partial charge in [0, 0.05) is 17.9 Å². The Labute approximate surface area is 211 Å². The summed E-state index contributed by atoms with van der Waals surface area (Å²) in [7, 11) is 1.51. The number of hydrogen-bond acceptors (Lipinski definition) is 7. The quantitative estimate of drug-likeness (QED) is 0.189. The zero-order valence-corrected chi connectivity index (χ0v) is 23.2. The van der Waals surface area contributed by atoms with Crippen molar-refractivity contribution in [2.45, 2.75) is 85.4 Å². The highest BCUT2D eigenvalue weighted by molar-refractivity contribution is 14.1. The lowest BCUT2D eigenvalue weighted by molar-refractivity contribution is -0.158. The second kappa shape index (κ2) is 12.6. The minimum atomic E-state index is -0.740. The molecule has 1 atom stereocenters. The van der Waals surface area contributed by atoms with Crippen molar-refractivity contribution in [1.29, 1.82) is 0 Å². The molecule has 0 aliphatic heterocycles. The Balaban J connectivity index is 3.17. The zero-order valence-electron chi connectivity index (χ0n) is 21.0. The van der Waals surface area contributed by atoms with Crippen LogP contribution in [0.3, 0.4) is 0 Å². The van der Waals surface area contributed by atoms with E-state index in [1.54, 1.807) is 53.7 Å². The van der Waals surface area contributed by atoms with E-state index in [4.69, 9.17) is 18.9 Å². The first-order valence-corrected chi connectivity index (χ1v) is 12.2. The summed E-state index contributed by atoms with van der Waals surface area (Å²) in [5, 5.41) is 0. The second-order valence-corrected chi connectivity index (χ2v) is 11.0. The van der Waals surface area contributed by atoms with Crippen molar-refractivity contribution in [2.75, 3.05) is 13.7 Å². The van der Waals surface area contributed by atoms with Crippen molar-refractivity contribution >= 4 is 40.3 Å². The van der Waals surface area contributed by atoms with E-state index in [1.165, 1.54) is 7.11 Å². The number of halogens is 1. The average molecular weight is 576 g/mol. The molecule has 0 fully saturated rings. The number of ether oxygens (including phenoxy) is 4. The van der Waals surface area contributed by atoms with Crippen LogP contribution in [-0.4, -0.2) is 42.6 Å². The van der Waals surface area contributed by atoms with Crippen LogP contribution in [-0.2, 0) is 19.1 Å². The summed E-state index contributed by atoms with van der Waals surface area (Å²) < 4.78 is 22.7. The Morgan fingerprint density at radius 3 is 2.06 bits per heavy atom. The van der Waals surface area contributed by atoms with Gasteiger partial charge < -0.3 is 18.9 Å². The molecule has 0 bridgehead atoms. The van der Waals surface area contributed by atoms with Crippen LogP contribution in [0.4, 0.5) is 0 Å². The van der Waals surface area contributed by atoms with Crippen molar-refractivity contribution < 1.29 is 33.3 Å². The van der Waals surface area contributed by atoms with Gasteiger partial charge in [-0.1, -0.05) is 6.92 Å². The Kier molecular flexibility index (Phi) is 11.1. The molecule has 0 N–H and O–H groups in total. The standard InChI is InChI=1S/C25H37IO7/c1-9-12-31-23-18(26)13-17(14-19(23)30-8)22(29)16(15-21(28)33-25(5,6)7)10-11-20(27)32-24(2,3)4/h13-14,16H,9-12,15H2,1-8H3. The maximum Gasteiger partial charge on any atom is 0.307 e. The van der Waals surface area contributed by atoms with Crippen LogP contribution in [0.2, 0.25) is 0 Å². The van der Waals surface area contributed by atoms with Crippen LogP contribution in [0.15, 0.2) is 12.1 Å². The lowest BCUT2D eigenvalue weighted by Gasteiger charge is -2.23. The first kappa shape index (κ1) is 29.2. The molecule has 0 aromatic heterocycles. The third-order valence-electron chi connectivity index (χ3n) is 4.29. The van der Waals surface area contributed by atoms with Gasteiger partial charge in [-0.3, -0.25) is 14.4 Å². The Bertz CT molecular complexity index is 834. The Morgan fingerprint density at radius 1 is 0.970 bits per heavy atom. The Morgan fingerprint density at radius 2 is 1.55 bits per heavy atom. The van der Waals surface area contributed by atoms with Gasteiger partial charge in [-0.15, -0.1) is 0 Å². The lowest BCUT2D eigenvalue weighted by Crippen LogP contribution is -2.28. The molecule has 0 spiro atoms. The molecule has 8 heteroatoms. The zero-order chi connectivity index (χ0) is 25.4. The van der Waals surface area contributed by atoms with Crippen molar-refractivity contribution in [3.8, 4) is 11.5 Å². The molecule has 0 radical (unpaired) electrons. The van der Waals surface area contributed by atoms with E-state index in [0.29, 0.717) is 23.7 Å². The third kappa shape index (κ3) is 10.8. The molecular formula is C25H37IO7. The van der Waals surface area contributed by atoms with E-state index in [9.17, 15) is 14.4 Å². The molecular weight excluding hydrogens is 539 g/mol. The minimum Gasteiger partial charge on any atom is -0.493 e. The van der Waals surface area contributed by atoms with Crippen LogP contribution in [0.5, 0.6) is 11.5 Å². The lowest BCUT2D eigenvalue weighted by atomic mass is 9.90. The molecule has 186 valence electrons. The number of Topliss-reactive ketones (excluding diaryl/α,β-unsaturated/α-hetero) is 1. The average Bonchev–Trinajstić information content (AvgIpc) is 2.66. The number of hydrogen-bond donors (Lipinski definition) is 0. The van der Waals surface area contributed by atoms with Gasteiger partial charge in [-0.2, -0.15) is 0 Å². The van der Waals surface area contributed by atoms with E-state index in [0.717, 1.165) is 9.99 Å². The van der Waals surface area contributed by atoms with Crippen LogP contribution in [0, 0.1) is 9.49 Å². The molecule has 7 nitrogen and oxygen atoms in total. The summed E-state index contributed by atoms with van der Waals surface area (Å²) in [5.41, 5.74) is -0.912. The fraction of sp³-hybridized carbons (Fsp3) is 0.640. The molecule has 0 heterocycles. The molecule has 1 aromatic carbocycles. The molecule has 0 saturated heterocycles. The number of ketones is 1. The van der Waals surface area contributed by atoms with Crippen molar-refractivity contribution in [3.63, 3.8) is 0 Å². The van der Waals surface area contributed by atoms with Gasteiger partial charge in [0.15, 0.2) is 17.3 Å². The molecule has 33 heavy (non-hydrogen) atoms. The highest BCUT2D eigenvalue weighted by Gasteiger charge is 2.29. The van der Waals surface area contributed by atoms with Gasteiger partial charge in [-0.25, -0.2) is 0 Å². The van der Waals surface area contributed by atoms with Crippen molar-refractivity contribution in [3.05, 3.63) is 21.3 Å². The van der Waals surface area contributed by atoms with E-state index >= 15 is 0 Å². The molecule has 1 unspecified atom stereocenters. The van der Waals surface area contributed by atoms with Gasteiger partial charge in [0.25, 0.3) is 0 Å². The highest BCUT2D eigenvalue weighted by Crippen LogP contribution is 2.35. The summed E-state index contributed by atoms with van der Waals surface area (Å²) in [6.07, 6.45) is 0.886. The van der Waals surface area contributed by atoms with E-state index in [-0.39, 0.29) is 25.0 Å². The van der Waals surface area contributed by atoms with E-state index in [1.807, 2.05) is 6.92 Å². The summed E-state index contributed by atoms with van der Waals surface area (Å²) in [4.78, 5) is 38.2. The van der Waals surface area contributed by atoms with Gasteiger partial charge in [0.05, 0.1) is 23.7 Å². The number of carbonyl (C=O) groups excluding carboxylic acids is 3. The van der Waals surface area contributed by atoms with Gasteiger partial charge in [-0.05, 0) is 89.1 Å². The third-order valence-corrected chi connectivity index (χ3v) is 5.09. The van der Waals surface area contributed by atoms with Gasteiger partial charge in [0.2, 0.25) is 0 Å². The smallest absolute Gasteiger partial charge is 0.307 e. The number of esters is 2. The van der Waals surface area contributed by atoms with Crippen LogP contribution >= 0.6 is 22.6 Å². The van der Waals surface area contributed by atoms with Crippen molar-refractivity contribution in [1.82, 2.24) is 0 Å². The van der Waals surface area contributed by atoms with E-state index < -0.39 is 29.1 Å².